The minimum atomic E-state index is -0.341. The maximum absolute atomic E-state index is 11.0. The summed E-state index contributed by atoms with van der Waals surface area (Å²) in [5.74, 6) is 0. The lowest BCUT2D eigenvalue weighted by Crippen LogP contribution is -2.11. The van der Waals surface area contributed by atoms with E-state index in [0.29, 0.717) is 6.54 Å². The normalized spacial score (nSPS) is 15.6. The number of aromatic amines is 1. The molecule has 1 N–H and O–H groups in total. The third-order valence-corrected chi connectivity index (χ3v) is 4.52. The van der Waals surface area contributed by atoms with Gasteiger partial charge in [-0.3, -0.25) is 15.1 Å². The van der Waals surface area contributed by atoms with Gasteiger partial charge in [0, 0.05) is 23.0 Å². The first-order valence-electron chi connectivity index (χ1n) is 8.09. The van der Waals surface area contributed by atoms with E-state index in [9.17, 15) is 10.1 Å². The molecule has 0 amide bonds. The predicted octanol–water partition coefficient (Wildman–Crippen LogP) is 4.40. The van der Waals surface area contributed by atoms with Crippen molar-refractivity contribution >= 4 is 22.3 Å². The average Bonchev–Trinajstić information content (AvgIpc) is 2.99. The highest BCUT2D eigenvalue weighted by molar-refractivity contribution is 6.06. The van der Waals surface area contributed by atoms with Gasteiger partial charge in [0.2, 0.25) is 0 Å². The summed E-state index contributed by atoms with van der Waals surface area (Å²) >= 11 is 0. The number of aromatic nitrogens is 1. The van der Waals surface area contributed by atoms with E-state index in [2.05, 4.69) is 17.1 Å². The Morgan fingerprint density at radius 1 is 1.12 bits per heavy atom. The zero-order valence-corrected chi connectivity index (χ0v) is 13.2. The van der Waals surface area contributed by atoms with Crippen LogP contribution in [0.2, 0.25) is 0 Å². The zero-order valence-electron chi connectivity index (χ0n) is 13.2. The van der Waals surface area contributed by atoms with Gasteiger partial charge in [0.15, 0.2) is 0 Å². The van der Waals surface area contributed by atoms with Crippen LogP contribution in [0.4, 0.5) is 5.69 Å². The topological polar surface area (TPSA) is 71.3 Å². The molecule has 0 fully saturated rings. The maximum Gasteiger partial charge on any atom is 0.270 e. The number of nitro benzene ring substituents is 1. The highest BCUT2D eigenvalue weighted by atomic mass is 16.6. The van der Waals surface area contributed by atoms with E-state index in [0.717, 1.165) is 47.1 Å². The van der Waals surface area contributed by atoms with E-state index in [1.165, 1.54) is 5.56 Å². The van der Waals surface area contributed by atoms with Gasteiger partial charge in [-0.05, 0) is 36.5 Å². The molecule has 0 atom stereocenters. The fourth-order valence-corrected chi connectivity index (χ4v) is 3.34. The van der Waals surface area contributed by atoms with Gasteiger partial charge in [0.1, 0.15) is 0 Å². The van der Waals surface area contributed by atoms with Crippen molar-refractivity contribution in [2.75, 3.05) is 0 Å². The molecule has 1 aromatic heterocycles. The van der Waals surface area contributed by atoms with Gasteiger partial charge in [-0.15, -0.1) is 0 Å². The van der Waals surface area contributed by atoms with Crippen LogP contribution in [0.15, 0.2) is 53.5 Å². The van der Waals surface area contributed by atoms with Gasteiger partial charge in [0.25, 0.3) is 5.69 Å². The molecular formula is C19H17N3O2. The molecule has 5 nitrogen and oxygen atoms in total. The molecule has 0 saturated heterocycles. The molecule has 1 aliphatic carbocycles. The molecular weight excluding hydrogens is 302 g/mol. The molecule has 120 valence electrons. The van der Waals surface area contributed by atoms with Gasteiger partial charge in [-0.2, -0.15) is 0 Å². The Balaban J connectivity index is 1.74. The monoisotopic (exact) mass is 319 g/mol. The van der Waals surface area contributed by atoms with Crippen molar-refractivity contribution in [3.05, 3.63) is 75.5 Å². The van der Waals surface area contributed by atoms with Crippen LogP contribution in [0.25, 0.3) is 10.9 Å². The minimum Gasteiger partial charge on any atom is -0.353 e. The van der Waals surface area contributed by atoms with Crippen LogP contribution in [0.1, 0.15) is 29.7 Å². The van der Waals surface area contributed by atoms with Gasteiger partial charge in [0.05, 0.1) is 22.9 Å². The molecule has 2 aromatic carbocycles. The summed E-state index contributed by atoms with van der Waals surface area (Å²) in [7, 11) is 0. The Hall–Kier alpha value is -2.95. The van der Waals surface area contributed by atoms with Gasteiger partial charge in [-0.1, -0.05) is 30.3 Å². The SMILES string of the molecule is O=[N+]([O-])c1ccc2[nH]c3c(c2c1)CCCC3=NCc1ccccc1. The number of hydrogen-bond acceptors (Lipinski definition) is 3. The highest BCUT2D eigenvalue weighted by Crippen LogP contribution is 2.31. The fraction of sp³-hybridized carbons (Fsp3) is 0.211. The van der Waals surface area contributed by atoms with Gasteiger partial charge in [-0.25, -0.2) is 0 Å². The first-order valence-corrected chi connectivity index (χ1v) is 8.09. The number of H-pyrrole nitrogens is 1. The molecule has 1 heterocycles. The quantitative estimate of drug-likeness (QED) is 0.574. The van der Waals surface area contributed by atoms with Crippen LogP contribution < -0.4 is 0 Å². The van der Waals surface area contributed by atoms with Crippen molar-refractivity contribution in [3.8, 4) is 0 Å². The minimum absolute atomic E-state index is 0.137. The lowest BCUT2D eigenvalue weighted by atomic mass is 9.94. The van der Waals surface area contributed by atoms with E-state index >= 15 is 0 Å². The molecule has 0 bridgehead atoms. The first kappa shape index (κ1) is 14.6. The second-order valence-corrected chi connectivity index (χ2v) is 6.07. The zero-order chi connectivity index (χ0) is 16.5. The van der Waals surface area contributed by atoms with Crippen LogP contribution >= 0.6 is 0 Å². The summed E-state index contributed by atoms with van der Waals surface area (Å²) in [4.78, 5) is 18.9. The summed E-state index contributed by atoms with van der Waals surface area (Å²) < 4.78 is 0. The summed E-state index contributed by atoms with van der Waals surface area (Å²) in [6, 6.07) is 15.2. The molecule has 0 unspecified atom stereocenters. The van der Waals surface area contributed by atoms with Crippen LogP contribution in [-0.4, -0.2) is 15.6 Å². The van der Waals surface area contributed by atoms with Crippen molar-refractivity contribution in [1.29, 1.82) is 0 Å². The molecule has 24 heavy (non-hydrogen) atoms. The summed E-state index contributed by atoms with van der Waals surface area (Å²) in [5, 5.41) is 12.0. The Kier molecular flexibility index (Phi) is 3.61. The molecule has 0 spiro atoms. The van der Waals surface area contributed by atoms with Crippen molar-refractivity contribution in [2.24, 2.45) is 4.99 Å². The maximum atomic E-state index is 11.0. The van der Waals surface area contributed by atoms with Crippen molar-refractivity contribution in [2.45, 2.75) is 25.8 Å². The van der Waals surface area contributed by atoms with Crippen LogP contribution in [0.5, 0.6) is 0 Å². The molecule has 3 aromatic rings. The smallest absolute Gasteiger partial charge is 0.270 e. The lowest BCUT2D eigenvalue weighted by molar-refractivity contribution is -0.384. The Bertz CT molecular complexity index is 942. The summed E-state index contributed by atoms with van der Waals surface area (Å²) in [6.45, 7) is 0.658. The van der Waals surface area contributed by atoms with E-state index in [1.54, 1.807) is 18.2 Å². The van der Waals surface area contributed by atoms with E-state index in [-0.39, 0.29) is 10.6 Å². The summed E-state index contributed by atoms with van der Waals surface area (Å²) in [5.41, 5.74) is 5.54. The molecule has 1 aliphatic rings. The summed E-state index contributed by atoms with van der Waals surface area (Å²) in [6.07, 6.45) is 2.89. The van der Waals surface area contributed by atoms with Crippen LogP contribution in [-0.2, 0) is 13.0 Å². The lowest BCUT2D eigenvalue weighted by Gasteiger charge is -2.14. The van der Waals surface area contributed by atoms with E-state index < -0.39 is 0 Å². The molecule has 4 rings (SSSR count). The molecule has 5 heteroatoms. The molecule has 0 saturated carbocycles. The number of nitrogens with one attached hydrogen (secondary N) is 1. The number of nitro groups is 1. The number of benzene rings is 2. The van der Waals surface area contributed by atoms with Crippen molar-refractivity contribution in [1.82, 2.24) is 4.98 Å². The Morgan fingerprint density at radius 2 is 1.96 bits per heavy atom. The number of aliphatic imine (C=N–C) groups is 1. The number of rotatable bonds is 3. The van der Waals surface area contributed by atoms with E-state index in [4.69, 9.17) is 4.99 Å². The average molecular weight is 319 g/mol. The van der Waals surface area contributed by atoms with E-state index in [1.807, 2.05) is 18.2 Å². The molecule has 0 radical (unpaired) electrons. The second-order valence-electron chi connectivity index (χ2n) is 6.07. The Morgan fingerprint density at radius 3 is 2.75 bits per heavy atom. The number of fused-ring (bicyclic) bond motifs is 3. The van der Waals surface area contributed by atoms with Crippen LogP contribution in [0.3, 0.4) is 0 Å². The number of non-ortho nitro benzene ring substituents is 1. The van der Waals surface area contributed by atoms with Crippen molar-refractivity contribution < 1.29 is 4.92 Å². The number of aryl methyl sites for hydroxylation is 1. The standard InChI is InChI=1S/C19H17N3O2/c23-22(24)14-9-10-17-16(11-14)15-7-4-8-18(19(15)21-17)20-12-13-5-2-1-3-6-13/h1-3,5-6,9-11,21H,4,7-8,12H2. The Labute approximate surface area is 139 Å². The number of nitrogens with zero attached hydrogens (tertiary/aromatic N) is 2. The van der Waals surface area contributed by atoms with Gasteiger partial charge < -0.3 is 4.98 Å². The highest BCUT2D eigenvalue weighted by Gasteiger charge is 2.21. The van der Waals surface area contributed by atoms with Crippen LogP contribution in [0, 0.1) is 10.1 Å². The second kappa shape index (κ2) is 5.92. The number of hydrogen-bond donors (Lipinski definition) is 1. The third-order valence-electron chi connectivity index (χ3n) is 4.52. The third kappa shape index (κ3) is 2.58. The fourth-order valence-electron chi connectivity index (χ4n) is 3.34. The predicted molar refractivity (Wildman–Crippen MR) is 94.6 cm³/mol. The van der Waals surface area contributed by atoms with Gasteiger partial charge >= 0.3 is 0 Å². The largest absolute Gasteiger partial charge is 0.353 e. The molecule has 0 aliphatic heterocycles. The van der Waals surface area contributed by atoms with Crippen molar-refractivity contribution in [3.63, 3.8) is 0 Å². The first-order chi connectivity index (χ1) is 11.7.